The molecule has 0 heterocycles. The van der Waals surface area contributed by atoms with Crippen LogP contribution in [0.15, 0.2) is 91.0 Å². The molecule has 0 amide bonds. The Bertz CT molecular complexity index is 1580. The van der Waals surface area contributed by atoms with Crippen LogP contribution in [0.5, 0.6) is 5.75 Å². The van der Waals surface area contributed by atoms with Crippen LogP contribution >= 0.6 is 31.1 Å². The Labute approximate surface area is 312 Å². The molecule has 0 aromatic heterocycles. The number of alkyl halides is 7. The largest absolute Gasteiger partial charge is 0.465 e. The molecule has 0 saturated carbocycles. The van der Waals surface area contributed by atoms with E-state index in [9.17, 15) is 45.1 Å². The number of rotatable bonds is 16. The lowest BCUT2D eigenvalue weighted by Crippen LogP contribution is -2.29. The van der Waals surface area contributed by atoms with Crippen LogP contribution in [0.1, 0.15) is 25.0 Å². The number of benzene rings is 3. The van der Waals surface area contributed by atoms with Gasteiger partial charge >= 0.3 is 39.5 Å². The molecule has 3 rings (SSSR count). The van der Waals surface area contributed by atoms with Gasteiger partial charge in [-0.25, -0.2) is 9.36 Å². The second-order valence-electron chi connectivity index (χ2n) is 10.7. The molecule has 0 bridgehead atoms. The van der Waals surface area contributed by atoms with E-state index >= 15 is 0 Å². The van der Waals surface area contributed by atoms with Gasteiger partial charge in [0.05, 0.1) is 13.2 Å². The highest BCUT2D eigenvalue weighted by molar-refractivity contribution is 9.10. The van der Waals surface area contributed by atoms with Crippen molar-refractivity contribution in [3.05, 3.63) is 102 Å². The van der Waals surface area contributed by atoms with Gasteiger partial charge in [0.1, 0.15) is 10.6 Å². The summed E-state index contributed by atoms with van der Waals surface area (Å²) in [5, 5.41) is 0. The molecule has 296 valence electrons. The lowest BCUT2D eigenvalue weighted by molar-refractivity contribution is -0.158. The maximum atomic E-state index is 12.2. The van der Waals surface area contributed by atoms with Crippen LogP contribution in [-0.2, 0) is 54.6 Å². The summed E-state index contributed by atoms with van der Waals surface area (Å²) in [6.45, 7) is 2.43. The average molecular weight is 866 g/mol. The van der Waals surface area contributed by atoms with Gasteiger partial charge in [-0.2, -0.15) is 26.3 Å². The van der Waals surface area contributed by atoms with Crippen molar-refractivity contribution in [3.8, 4) is 5.75 Å². The Balaban J connectivity index is 0.000000413. The summed E-state index contributed by atoms with van der Waals surface area (Å²) >= 11 is 3.31. The number of hydrogen-bond donors (Lipinski definition) is 0. The Morgan fingerprint density at radius 3 is 1.47 bits per heavy atom. The van der Waals surface area contributed by atoms with Gasteiger partial charge < -0.3 is 14.0 Å². The molecule has 0 fully saturated rings. The van der Waals surface area contributed by atoms with E-state index in [0.717, 1.165) is 18.9 Å². The lowest BCUT2D eigenvalue weighted by atomic mass is 10.1. The van der Waals surface area contributed by atoms with E-state index in [1.165, 1.54) is 12.1 Å². The minimum atomic E-state index is -4.64. The van der Waals surface area contributed by atoms with Gasteiger partial charge in [0, 0.05) is 19.8 Å². The maximum Gasteiger partial charge on any atom is 0.412 e. The monoisotopic (exact) mass is 864 g/mol. The van der Waals surface area contributed by atoms with Crippen molar-refractivity contribution >= 4 is 43.1 Å². The Morgan fingerprint density at radius 1 is 0.642 bits per heavy atom. The Morgan fingerprint density at radius 2 is 1.04 bits per heavy atom. The predicted octanol–water partition coefficient (Wildman–Crippen LogP) is 9.60. The van der Waals surface area contributed by atoms with Crippen LogP contribution in [0.25, 0.3) is 0 Å². The van der Waals surface area contributed by atoms with Gasteiger partial charge in [0.25, 0.3) is 0 Å². The third-order valence-corrected chi connectivity index (χ3v) is 8.95. The van der Waals surface area contributed by atoms with Crippen LogP contribution in [0.4, 0.5) is 26.3 Å². The second kappa shape index (κ2) is 23.6. The molecule has 4 unspecified atom stereocenters. The number of carbonyl (C=O) groups is 2. The molecule has 53 heavy (non-hydrogen) atoms. The topological polar surface area (TPSA) is 124 Å². The highest BCUT2D eigenvalue weighted by Crippen LogP contribution is 2.47. The molecule has 4 atom stereocenters. The molecule has 0 aliphatic rings. The summed E-state index contributed by atoms with van der Waals surface area (Å²) in [6, 6.07) is 26.4. The summed E-state index contributed by atoms with van der Waals surface area (Å²) in [4.78, 5) is 22.9. The molecular formula is C34H41BrF6O10P2. The van der Waals surface area contributed by atoms with Crippen molar-refractivity contribution < 1.29 is 72.6 Å². The van der Waals surface area contributed by atoms with E-state index < -0.39 is 52.8 Å². The van der Waals surface area contributed by atoms with Crippen LogP contribution in [0, 0.1) is 0 Å². The summed E-state index contributed by atoms with van der Waals surface area (Å²) < 4.78 is 123. The minimum Gasteiger partial charge on any atom is -0.465 e. The second-order valence-corrected chi connectivity index (χ2v) is 15.8. The van der Waals surface area contributed by atoms with E-state index in [0.29, 0.717) is 18.6 Å². The molecule has 0 aliphatic carbocycles. The molecule has 3 aromatic carbocycles. The number of para-hydroxylation sites is 1. The summed E-state index contributed by atoms with van der Waals surface area (Å²) in [6.07, 6.45) is -9.81. The Kier molecular flexibility index (Phi) is 21.3. The standard InChI is InChI=1S/C14H18F3O5P.C11H13BrO2.C9H10F3O3P/c1-3-20-13(18)12(9-11-7-5-4-6-8-11)22-23(2,19)21-10-14(15,16)17;1-2-14-11(13)10(12)8-9-6-4-3-5-7-9;1-16(13,14-7-9(10,11)12)15-8-5-3-2-4-6-8/h4-8,12H,3,9-10H2,1-2H3;3-7,10H,2,8H2,1H3;2-6H,7H2,1H3. The average Bonchev–Trinajstić information content (AvgIpc) is 3.08. The van der Waals surface area contributed by atoms with Gasteiger partial charge in [-0.3, -0.25) is 22.9 Å². The third-order valence-electron chi connectivity index (χ3n) is 5.87. The Hall–Kier alpha value is -3.20. The van der Waals surface area contributed by atoms with E-state index in [2.05, 4.69) is 25.0 Å². The molecule has 0 N–H and O–H groups in total. The summed E-state index contributed by atoms with van der Waals surface area (Å²) in [7, 11) is -7.81. The molecule has 3 aromatic rings. The smallest absolute Gasteiger partial charge is 0.412 e. The fourth-order valence-electron chi connectivity index (χ4n) is 3.71. The molecule has 10 nitrogen and oxygen atoms in total. The van der Waals surface area contributed by atoms with Crippen molar-refractivity contribution in [2.45, 2.75) is 50.0 Å². The van der Waals surface area contributed by atoms with Gasteiger partial charge in [-0.05, 0) is 43.5 Å². The van der Waals surface area contributed by atoms with E-state index in [-0.39, 0.29) is 29.6 Å². The van der Waals surface area contributed by atoms with Gasteiger partial charge in [-0.1, -0.05) is 94.8 Å². The number of halogens is 7. The predicted molar refractivity (Wildman–Crippen MR) is 189 cm³/mol. The molecular weight excluding hydrogens is 824 g/mol. The molecule has 0 spiro atoms. The number of hydrogen-bond acceptors (Lipinski definition) is 10. The van der Waals surface area contributed by atoms with E-state index in [1.54, 1.807) is 62.4 Å². The highest BCUT2D eigenvalue weighted by Gasteiger charge is 2.36. The first-order chi connectivity index (χ1) is 24.6. The lowest BCUT2D eigenvalue weighted by Gasteiger charge is -2.21. The maximum absolute atomic E-state index is 12.2. The van der Waals surface area contributed by atoms with Crippen LogP contribution in [-0.4, -0.2) is 75.0 Å². The van der Waals surface area contributed by atoms with Gasteiger partial charge in [0.2, 0.25) is 0 Å². The fourth-order valence-corrected chi connectivity index (χ4v) is 6.21. The third kappa shape index (κ3) is 24.0. The van der Waals surface area contributed by atoms with E-state index in [1.807, 2.05) is 30.3 Å². The quantitative estimate of drug-likeness (QED) is 0.0595. The van der Waals surface area contributed by atoms with Crippen molar-refractivity contribution in [2.75, 3.05) is 39.8 Å². The van der Waals surface area contributed by atoms with Crippen LogP contribution < -0.4 is 4.52 Å². The highest BCUT2D eigenvalue weighted by atomic mass is 79.9. The van der Waals surface area contributed by atoms with Crippen LogP contribution in [0.3, 0.4) is 0 Å². The zero-order chi connectivity index (χ0) is 40.1. The summed E-state index contributed by atoms with van der Waals surface area (Å²) in [5.74, 6) is -0.805. The zero-order valence-corrected chi connectivity index (χ0v) is 32.6. The molecule has 0 saturated heterocycles. The van der Waals surface area contributed by atoms with Crippen molar-refractivity contribution in [1.82, 2.24) is 0 Å². The van der Waals surface area contributed by atoms with Gasteiger partial charge in [-0.15, -0.1) is 0 Å². The zero-order valence-electron chi connectivity index (χ0n) is 29.2. The first kappa shape index (κ1) is 47.8. The first-order valence-corrected chi connectivity index (χ1v) is 20.6. The van der Waals surface area contributed by atoms with Crippen molar-refractivity contribution in [3.63, 3.8) is 0 Å². The number of esters is 2. The summed E-state index contributed by atoms with van der Waals surface area (Å²) in [5.41, 5.74) is 1.81. The molecule has 0 radical (unpaired) electrons. The van der Waals surface area contributed by atoms with Crippen molar-refractivity contribution in [2.24, 2.45) is 0 Å². The van der Waals surface area contributed by atoms with Gasteiger partial charge in [0.15, 0.2) is 19.3 Å². The minimum absolute atomic E-state index is 0.00683. The fraction of sp³-hybridized carbons (Fsp3) is 0.412. The molecule has 0 aliphatic heterocycles. The number of carbonyl (C=O) groups excluding carboxylic acids is 2. The van der Waals surface area contributed by atoms with Crippen molar-refractivity contribution in [1.29, 1.82) is 0 Å². The SMILES string of the molecule is CCOC(=O)C(Br)Cc1ccccc1.CCOC(=O)C(Cc1ccccc1)OP(C)(=O)OCC(F)(F)F.CP(=O)(OCC(F)(F)F)Oc1ccccc1. The first-order valence-electron chi connectivity index (χ1n) is 15.7. The van der Waals surface area contributed by atoms with Crippen LogP contribution in [0.2, 0.25) is 0 Å². The number of ether oxygens (including phenoxy) is 2. The molecule has 19 heteroatoms. The van der Waals surface area contributed by atoms with E-state index in [4.69, 9.17) is 18.5 Å². The normalized spacial score (nSPS) is 14.7.